The summed E-state index contributed by atoms with van der Waals surface area (Å²) in [5, 5.41) is 27.6. The van der Waals surface area contributed by atoms with Crippen LogP contribution < -0.4 is 11.1 Å². The molecule has 0 bridgehead atoms. The molecule has 2 aromatic rings. The Bertz CT molecular complexity index is 1490. The van der Waals surface area contributed by atoms with Crippen LogP contribution in [-0.2, 0) is 35.4 Å². The van der Waals surface area contributed by atoms with Crippen LogP contribution in [0.25, 0.3) is 0 Å². The van der Waals surface area contributed by atoms with Crippen molar-refractivity contribution >= 4 is 75.4 Å². The first-order valence-corrected chi connectivity index (χ1v) is 14.3. The molecule has 2 amide bonds. The number of thiazole rings is 1. The number of rotatable bonds is 11. The van der Waals surface area contributed by atoms with Gasteiger partial charge in [0.1, 0.15) is 29.4 Å². The quantitative estimate of drug-likeness (QED) is 0.0924. The smallest absolute Gasteiger partial charge is 0.353 e. The molecule has 14 nitrogen and oxygen atoms in total. The second-order valence-electron chi connectivity index (χ2n) is 8.17. The van der Waals surface area contributed by atoms with E-state index in [9.17, 15) is 29.1 Å². The van der Waals surface area contributed by atoms with Gasteiger partial charge in [-0.1, -0.05) is 29.1 Å². The molecule has 1 aromatic carbocycles. The third-order valence-corrected chi connectivity index (χ3v) is 8.64. The summed E-state index contributed by atoms with van der Waals surface area (Å²) >= 11 is 3.28. The summed E-state index contributed by atoms with van der Waals surface area (Å²) in [7, 11) is 1.21. The summed E-state index contributed by atoms with van der Waals surface area (Å²) in [5.41, 5.74) is 6.01. The minimum Gasteiger partial charge on any atom is -0.478 e. The number of carbonyl (C=O) groups is 5. The fraction of sp³-hybridized carbons (Fsp3) is 0.208. The van der Waals surface area contributed by atoms with Gasteiger partial charge >= 0.3 is 17.9 Å². The number of carboxylic acids is 2. The number of thioether (sulfide) groups is 2. The first-order chi connectivity index (χ1) is 19.6. The lowest BCUT2D eigenvalue weighted by Crippen LogP contribution is -2.71. The van der Waals surface area contributed by atoms with Gasteiger partial charge in [0.25, 0.3) is 11.8 Å². The summed E-state index contributed by atoms with van der Waals surface area (Å²) in [6.45, 7) is -0.0947. The average molecular weight is 620 g/mol. The summed E-state index contributed by atoms with van der Waals surface area (Å²) in [6.07, 6.45) is 1.13. The molecule has 0 unspecified atom stereocenters. The van der Waals surface area contributed by atoms with Crippen LogP contribution in [0.5, 0.6) is 0 Å². The van der Waals surface area contributed by atoms with Crippen LogP contribution in [0.4, 0.5) is 5.13 Å². The molecule has 0 saturated carbocycles. The maximum atomic E-state index is 13.2. The van der Waals surface area contributed by atoms with Gasteiger partial charge in [0.15, 0.2) is 10.8 Å². The molecule has 3 heterocycles. The molecular formula is C24H21N5O9S3. The van der Waals surface area contributed by atoms with Gasteiger partial charge in [-0.2, -0.15) is 0 Å². The van der Waals surface area contributed by atoms with Crippen LogP contribution in [0.1, 0.15) is 21.6 Å². The number of nitrogen functional groups attached to an aromatic ring is 1. The Morgan fingerprint density at radius 3 is 2.59 bits per heavy atom. The molecular weight excluding hydrogens is 598 g/mol. The van der Waals surface area contributed by atoms with E-state index in [4.69, 9.17) is 15.7 Å². The highest BCUT2D eigenvalue weighted by molar-refractivity contribution is 8.08. The predicted molar refractivity (Wildman–Crippen MR) is 150 cm³/mol. The maximum absolute atomic E-state index is 13.2. The molecule has 41 heavy (non-hydrogen) atoms. The van der Waals surface area contributed by atoms with Crippen LogP contribution >= 0.6 is 34.9 Å². The van der Waals surface area contributed by atoms with Crippen LogP contribution in [0.2, 0.25) is 0 Å². The van der Waals surface area contributed by atoms with E-state index in [2.05, 4.69) is 20.2 Å². The Labute approximate surface area is 244 Å². The molecule has 2 aliphatic heterocycles. The molecule has 0 aliphatic carbocycles. The highest BCUT2D eigenvalue weighted by atomic mass is 32.2. The number of hydrogen-bond acceptors (Lipinski definition) is 13. The Kier molecular flexibility index (Phi) is 9.31. The van der Waals surface area contributed by atoms with Gasteiger partial charge in [-0.15, -0.1) is 23.1 Å². The topological polar surface area (TPSA) is 211 Å². The Morgan fingerprint density at radius 2 is 1.98 bits per heavy atom. The van der Waals surface area contributed by atoms with E-state index < -0.39 is 41.1 Å². The number of β-lactam (4-membered cyclic amide) rings is 1. The lowest BCUT2D eigenvalue weighted by atomic mass is 10.0. The Morgan fingerprint density at radius 1 is 1.24 bits per heavy atom. The Hall–Kier alpha value is -4.35. The monoisotopic (exact) mass is 619 g/mol. The third-order valence-electron chi connectivity index (χ3n) is 5.61. The molecule has 0 spiro atoms. The number of nitrogens with two attached hydrogens (primary N) is 1. The number of aliphatic carboxylic acids is 1. The molecule has 214 valence electrons. The molecule has 1 saturated heterocycles. The van der Waals surface area contributed by atoms with Gasteiger partial charge < -0.3 is 30.8 Å². The lowest BCUT2D eigenvalue weighted by Gasteiger charge is -2.49. The van der Waals surface area contributed by atoms with Crippen molar-refractivity contribution in [1.82, 2.24) is 15.2 Å². The number of anilines is 1. The number of nitrogens with one attached hydrogen (secondary N) is 1. The molecule has 2 aliphatic rings. The van der Waals surface area contributed by atoms with Crippen molar-refractivity contribution in [3.05, 3.63) is 68.6 Å². The molecule has 0 radical (unpaired) electrons. The van der Waals surface area contributed by atoms with Crippen LogP contribution in [0, 0.1) is 0 Å². The number of hydrogen-bond donors (Lipinski definition) is 4. The minimum absolute atomic E-state index is 0.0947. The summed E-state index contributed by atoms with van der Waals surface area (Å²) in [4.78, 5) is 71.4. The zero-order valence-electron chi connectivity index (χ0n) is 21.0. The molecule has 4 rings (SSSR count). The Balaban J connectivity index is 1.48. The lowest BCUT2D eigenvalue weighted by molar-refractivity contribution is -0.150. The zero-order valence-corrected chi connectivity index (χ0v) is 23.5. The van der Waals surface area contributed by atoms with Gasteiger partial charge in [0.05, 0.1) is 12.7 Å². The SMILES string of the molecule is COC(=O)/C=C\SC1=C(C(=O)O)N2C(=O)[C@@H](NC(=O)/C(=N/OCc3ccc(C(=O)O)cc3)c3csc(N)n3)[C@H]2SC1. The number of nitrogens with zero attached hydrogens (tertiary/aromatic N) is 3. The van der Waals surface area contributed by atoms with Crippen molar-refractivity contribution in [2.75, 3.05) is 18.6 Å². The van der Waals surface area contributed by atoms with E-state index in [0.717, 1.165) is 34.1 Å². The van der Waals surface area contributed by atoms with Gasteiger partial charge in [-0.25, -0.2) is 19.4 Å². The second-order valence-corrected chi connectivity index (χ2v) is 11.2. The van der Waals surface area contributed by atoms with Crippen molar-refractivity contribution < 1.29 is 43.8 Å². The van der Waals surface area contributed by atoms with Gasteiger partial charge in [0.2, 0.25) is 0 Å². The fourth-order valence-electron chi connectivity index (χ4n) is 3.65. The number of methoxy groups -OCH3 is 1. The van der Waals surface area contributed by atoms with E-state index in [0.29, 0.717) is 10.5 Å². The van der Waals surface area contributed by atoms with Crippen LogP contribution in [-0.4, -0.2) is 79.8 Å². The number of aromatic carboxylic acids is 1. The largest absolute Gasteiger partial charge is 0.478 e. The minimum atomic E-state index is -1.33. The van der Waals surface area contributed by atoms with Crippen LogP contribution in [0.3, 0.4) is 0 Å². The zero-order chi connectivity index (χ0) is 29.7. The molecule has 2 atom stereocenters. The van der Waals surface area contributed by atoms with E-state index in [1.165, 1.54) is 53.9 Å². The number of benzene rings is 1. The molecule has 1 aromatic heterocycles. The third kappa shape index (κ3) is 6.69. The number of aromatic nitrogens is 1. The molecule has 5 N–H and O–H groups in total. The maximum Gasteiger partial charge on any atom is 0.353 e. The first kappa shape index (κ1) is 29.6. The number of amides is 2. The van der Waals surface area contributed by atoms with E-state index >= 15 is 0 Å². The normalized spacial score (nSPS) is 18.5. The summed E-state index contributed by atoms with van der Waals surface area (Å²) in [6, 6.07) is 4.81. The van der Waals surface area contributed by atoms with Crippen molar-refractivity contribution in [2.45, 2.75) is 18.0 Å². The van der Waals surface area contributed by atoms with Crippen molar-refractivity contribution in [3.8, 4) is 0 Å². The fourth-order valence-corrected chi connectivity index (χ4v) is 6.51. The van der Waals surface area contributed by atoms with Crippen LogP contribution in [0.15, 0.2) is 56.9 Å². The number of carboxylic acid groups (broad SMARTS) is 2. The second kappa shape index (κ2) is 12.9. The number of fused-ring (bicyclic) bond motifs is 1. The van der Waals surface area contributed by atoms with Gasteiger partial charge in [-0.05, 0) is 23.1 Å². The highest BCUT2D eigenvalue weighted by Crippen LogP contribution is 2.43. The predicted octanol–water partition coefficient (Wildman–Crippen LogP) is 1.46. The van der Waals surface area contributed by atoms with E-state index in [-0.39, 0.29) is 40.2 Å². The molecule has 1 fully saturated rings. The van der Waals surface area contributed by atoms with Crippen molar-refractivity contribution in [3.63, 3.8) is 0 Å². The molecule has 17 heteroatoms. The number of ether oxygens (including phenoxy) is 1. The highest BCUT2D eigenvalue weighted by Gasteiger charge is 2.54. The first-order valence-electron chi connectivity index (χ1n) is 11.5. The number of carbonyl (C=O) groups excluding carboxylic acids is 3. The van der Waals surface area contributed by atoms with Gasteiger partial charge in [0, 0.05) is 22.1 Å². The van der Waals surface area contributed by atoms with Crippen molar-refractivity contribution in [2.24, 2.45) is 5.16 Å². The number of oxime groups is 1. The van der Waals surface area contributed by atoms with E-state index in [1.54, 1.807) is 0 Å². The summed E-state index contributed by atoms with van der Waals surface area (Å²) in [5.74, 6) is -4.23. The average Bonchev–Trinajstić information content (AvgIpc) is 3.38. The number of esters is 1. The van der Waals surface area contributed by atoms with Gasteiger partial charge in [-0.3, -0.25) is 14.5 Å². The summed E-state index contributed by atoms with van der Waals surface area (Å²) < 4.78 is 4.51. The standard InChI is InChI=1S/C24H21N5O9S3/c1-37-15(30)6-7-39-14-10-40-21-17(20(32)29(21)18(14)23(35)36)27-19(31)16(13-9-41-24(25)26-13)28-38-8-11-2-4-12(5-3-11)22(33)34/h2-7,9,17,21H,8,10H2,1H3,(H2,25,26)(H,27,31)(H,33,34)(H,35,36)/b7-6-,28-16+/t17-,21-/m1/s1. The van der Waals surface area contributed by atoms with Crippen molar-refractivity contribution in [1.29, 1.82) is 0 Å². The van der Waals surface area contributed by atoms with E-state index in [1.807, 2.05) is 0 Å².